The number of rotatable bonds is 5. The average molecular weight is 473 g/mol. The lowest BCUT2D eigenvalue weighted by Gasteiger charge is -2.42. The van der Waals surface area contributed by atoms with Gasteiger partial charge in [-0.25, -0.2) is 8.42 Å². The van der Waals surface area contributed by atoms with Crippen LogP contribution in [0.25, 0.3) is 0 Å². The van der Waals surface area contributed by atoms with Gasteiger partial charge in [0.2, 0.25) is 0 Å². The maximum Gasteiger partial charge on any atom is 0.178 e. The van der Waals surface area contributed by atoms with E-state index in [0.29, 0.717) is 23.2 Å². The number of sulfone groups is 1. The van der Waals surface area contributed by atoms with Gasteiger partial charge in [0.25, 0.3) is 0 Å². The molecule has 4 heteroatoms. The molecule has 0 spiro atoms. The highest BCUT2D eigenvalue weighted by Gasteiger charge is 2.45. The highest BCUT2D eigenvalue weighted by Crippen LogP contribution is 2.57. The first-order valence-corrected chi connectivity index (χ1v) is 14.1. The Morgan fingerprint density at radius 1 is 1.30 bits per heavy atom. The Bertz CT molecular complexity index is 1000. The smallest absolute Gasteiger partial charge is 0.178 e. The van der Waals surface area contributed by atoms with Gasteiger partial charge >= 0.3 is 0 Å². The summed E-state index contributed by atoms with van der Waals surface area (Å²) in [5.74, 6) is 0.849. The van der Waals surface area contributed by atoms with E-state index in [2.05, 4.69) is 38.7 Å². The predicted octanol–water partition coefficient (Wildman–Crippen LogP) is 7.22. The van der Waals surface area contributed by atoms with Gasteiger partial charge in [-0.2, -0.15) is 0 Å². The van der Waals surface area contributed by atoms with Crippen LogP contribution in [0.2, 0.25) is 0 Å². The Morgan fingerprint density at radius 2 is 2.00 bits per heavy atom. The van der Waals surface area contributed by atoms with Gasteiger partial charge in [0, 0.05) is 4.91 Å². The van der Waals surface area contributed by atoms with Crippen molar-refractivity contribution in [3.05, 3.63) is 58.1 Å². The van der Waals surface area contributed by atoms with Gasteiger partial charge in [-0.3, -0.25) is 0 Å². The van der Waals surface area contributed by atoms with Crippen molar-refractivity contribution in [3.63, 3.8) is 0 Å². The van der Waals surface area contributed by atoms with Crippen LogP contribution in [0.4, 0.5) is 0 Å². The van der Waals surface area contributed by atoms with Gasteiger partial charge in [0.15, 0.2) is 9.84 Å². The molecule has 0 aromatic rings. The molecular weight excluding hydrogens is 428 g/mol. The third kappa shape index (κ3) is 5.32. The molecule has 1 N–H and O–H groups in total. The van der Waals surface area contributed by atoms with Crippen LogP contribution in [0.5, 0.6) is 0 Å². The molecule has 33 heavy (non-hydrogen) atoms. The minimum atomic E-state index is -3.27. The molecule has 0 bridgehead atoms. The van der Waals surface area contributed by atoms with Crippen LogP contribution in [0.1, 0.15) is 92.9 Å². The number of aliphatic hydroxyl groups is 1. The standard InChI is InChI=1S/C29H44O3S/c1-20-11-15-25(30)19-24(20)14-13-23-9-8-18-29(7)26(16-17-27(23)29)21(2)10-12-22(3)33(31,32)28(4,5)6/h12-14,16,21,25,27,30H,1,8-11,15,17-19H2,2-7H3/b22-12+,23-13+,24-14-/t21-,25+,27+,29-/m1/s1. The van der Waals surface area contributed by atoms with E-state index < -0.39 is 14.6 Å². The summed E-state index contributed by atoms with van der Waals surface area (Å²) >= 11 is 0. The molecule has 0 radical (unpaired) electrons. The molecule has 3 aliphatic carbocycles. The Labute approximate surface area is 202 Å². The van der Waals surface area contributed by atoms with Crippen molar-refractivity contribution >= 4 is 9.84 Å². The van der Waals surface area contributed by atoms with Gasteiger partial charge in [-0.1, -0.05) is 61.4 Å². The number of fused-ring (bicyclic) bond motifs is 1. The zero-order valence-corrected chi connectivity index (χ0v) is 22.4. The summed E-state index contributed by atoms with van der Waals surface area (Å²) < 4.78 is 24.7. The molecule has 0 amide bonds. The third-order valence-electron chi connectivity index (χ3n) is 8.32. The summed E-state index contributed by atoms with van der Waals surface area (Å²) in [5, 5.41) is 10.1. The van der Waals surface area contributed by atoms with E-state index in [4.69, 9.17) is 0 Å². The summed E-state index contributed by atoms with van der Waals surface area (Å²) in [5.41, 5.74) is 5.54. The van der Waals surface area contributed by atoms with Gasteiger partial charge in [0.1, 0.15) is 0 Å². The van der Waals surface area contributed by atoms with Crippen molar-refractivity contribution in [2.75, 3.05) is 0 Å². The van der Waals surface area contributed by atoms with Crippen LogP contribution in [0, 0.1) is 17.3 Å². The minimum Gasteiger partial charge on any atom is -0.393 e. The topological polar surface area (TPSA) is 54.4 Å². The van der Waals surface area contributed by atoms with Crippen LogP contribution in [-0.4, -0.2) is 24.4 Å². The lowest BCUT2D eigenvalue weighted by molar-refractivity contribution is 0.158. The molecule has 0 aromatic heterocycles. The Balaban J connectivity index is 1.76. The fraction of sp³-hybridized carbons (Fsp3) is 0.655. The first-order chi connectivity index (χ1) is 15.3. The van der Waals surface area contributed by atoms with Crippen molar-refractivity contribution in [1.29, 1.82) is 0 Å². The van der Waals surface area contributed by atoms with Crippen molar-refractivity contribution < 1.29 is 13.5 Å². The Kier molecular flexibility index (Phi) is 7.70. The lowest BCUT2D eigenvalue weighted by Crippen LogP contribution is -2.32. The molecular formula is C29H44O3S. The van der Waals surface area contributed by atoms with E-state index in [1.54, 1.807) is 27.7 Å². The van der Waals surface area contributed by atoms with Crippen molar-refractivity contribution in [2.45, 2.75) is 104 Å². The Hall–Kier alpha value is -1.39. The summed E-state index contributed by atoms with van der Waals surface area (Å²) in [6.07, 6.45) is 16.4. The number of hydrogen-bond acceptors (Lipinski definition) is 3. The molecule has 0 heterocycles. The number of aliphatic hydroxyl groups excluding tert-OH is 1. The quantitative estimate of drug-likeness (QED) is 0.430. The fourth-order valence-electron chi connectivity index (χ4n) is 6.07. The van der Waals surface area contributed by atoms with Crippen LogP contribution < -0.4 is 0 Å². The van der Waals surface area contributed by atoms with Crippen molar-refractivity contribution in [1.82, 2.24) is 0 Å². The summed E-state index contributed by atoms with van der Waals surface area (Å²) in [4.78, 5) is 0.493. The van der Waals surface area contributed by atoms with Crippen LogP contribution in [0.15, 0.2) is 58.1 Å². The van der Waals surface area contributed by atoms with E-state index in [0.717, 1.165) is 32.1 Å². The number of allylic oxidation sites excluding steroid dienone is 8. The summed E-state index contributed by atoms with van der Waals surface area (Å²) in [6, 6.07) is 0. The van der Waals surface area contributed by atoms with E-state index in [9.17, 15) is 13.5 Å². The highest BCUT2D eigenvalue weighted by molar-refractivity contribution is 7.96. The minimum absolute atomic E-state index is 0.149. The Morgan fingerprint density at radius 3 is 2.67 bits per heavy atom. The second-order valence-corrected chi connectivity index (χ2v) is 14.6. The van der Waals surface area contributed by atoms with E-state index >= 15 is 0 Å². The highest BCUT2D eigenvalue weighted by atomic mass is 32.2. The molecule has 0 aliphatic heterocycles. The molecule has 2 saturated carbocycles. The molecule has 3 rings (SSSR count). The first kappa shape index (κ1) is 26.2. The normalized spacial score (nSPS) is 32.8. The average Bonchev–Trinajstić information content (AvgIpc) is 3.09. The molecule has 2 fully saturated rings. The second-order valence-electron chi connectivity index (χ2n) is 11.7. The SMILES string of the molecule is C=C1CC[C@H](O)C/C1=C/C=C1\CCC[C@]2(C)C([C@H](C)C/C=C(\C)S(=O)(=O)C(C)(C)C)=CC[C@@H]12. The molecule has 4 atom stereocenters. The maximum atomic E-state index is 12.7. The van der Waals surface area contributed by atoms with Crippen LogP contribution >= 0.6 is 0 Å². The maximum absolute atomic E-state index is 12.7. The fourth-order valence-corrected chi connectivity index (χ4v) is 7.36. The van der Waals surface area contributed by atoms with Gasteiger partial charge < -0.3 is 5.11 Å². The summed E-state index contributed by atoms with van der Waals surface area (Å²) in [7, 11) is -3.27. The van der Waals surface area contributed by atoms with E-state index in [1.165, 1.54) is 35.1 Å². The third-order valence-corrected chi connectivity index (χ3v) is 10.9. The first-order valence-electron chi connectivity index (χ1n) is 12.6. The predicted molar refractivity (Wildman–Crippen MR) is 140 cm³/mol. The monoisotopic (exact) mass is 472 g/mol. The van der Waals surface area contributed by atoms with Crippen LogP contribution in [0.3, 0.4) is 0 Å². The molecule has 0 aromatic carbocycles. The van der Waals surface area contributed by atoms with Gasteiger partial charge in [-0.15, -0.1) is 0 Å². The summed E-state index contributed by atoms with van der Waals surface area (Å²) in [6.45, 7) is 15.9. The van der Waals surface area contributed by atoms with Crippen LogP contribution in [-0.2, 0) is 9.84 Å². The van der Waals surface area contributed by atoms with Gasteiger partial charge in [-0.05, 0) is 102 Å². The zero-order valence-electron chi connectivity index (χ0n) is 21.6. The molecule has 0 unspecified atom stereocenters. The molecule has 0 saturated heterocycles. The largest absolute Gasteiger partial charge is 0.393 e. The number of hydrogen-bond donors (Lipinski definition) is 1. The van der Waals surface area contributed by atoms with Crippen molar-refractivity contribution in [3.8, 4) is 0 Å². The molecule has 3 aliphatic rings. The molecule has 3 nitrogen and oxygen atoms in total. The lowest BCUT2D eigenvalue weighted by atomic mass is 9.62. The zero-order chi connectivity index (χ0) is 24.6. The van der Waals surface area contributed by atoms with E-state index in [1.807, 2.05) is 6.08 Å². The van der Waals surface area contributed by atoms with E-state index in [-0.39, 0.29) is 11.5 Å². The second kappa shape index (κ2) is 9.70. The van der Waals surface area contributed by atoms with Gasteiger partial charge in [0.05, 0.1) is 10.9 Å². The van der Waals surface area contributed by atoms with Crippen molar-refractivity contribution in [2.24, 2.45) is 17.3 Å². The molecule has 184 valence electrons.